The van der Waals surface area contributed by atoms with Gasteiger partial charge >= 0.3 is 0 Å². The van der Waals surface area contributed by atoms with Gasteiger partial charge in [-0.15, -0.1) is 11.3 Å². The molecule has 0 amide bonds. The van der Waals surface area contributed by atoms with Gasteiger partial charge in [-0.1, -0.05) is 12.1 Å². The number of fused-ring (bicyclic) bond motifs is 1. The third-order valence-electron chi connectivity index (χ3n) is 3.76. The molecule has 2 heterocycles. The van der Waals surface area contributed by atoms with Gasteiger partial charge in [0.2, 0.25) is 0 Å². The first-order valence-electron chi connectivity index (χ1n) is 6.59. The Morgan fingerprint density at radius 3 is 3.00 bits per heavy atom. The van der Waals surface area contributed by atoms with Crippen molar-refractivity contribution in [3.05, 3.63) is 51.2 Å². The third-order valence-corrected chi connectivity index (χ3v) is 4.66. The highest BCUT2D eigenvalue weighted by Crippen LogP contribution is 2.30. The van der Waals surface area contributed by atoms with Gasteiger partial charge in [0.25, 0.3) is 0 Å². The Kier molecular flexibility index (Phi) is 3.13. The van der Waals surface area contributed by atoms with Gasteiger partial charge in [-0.3, -0.25) is 0 Å². The van der Waals surface area contributed by atoms with E-state index < -0.39 is 0 Å². The number of nitrogens with one attached hydrogen (secondary N) is 1. The summed E-state index contributed by atoms with van der Waals surface area (Å²) in [7, 11) is 0. The van der Waals surface area contributed by atoms with Gasteiger partial charge in [0.05, 0.1) is 0 Å². The number of hydrogen-bond donors (Lipinski definition) is 1. The van der Waals surface area contributed by atoms with Crippen LogP contribution in [0.4, 0.5) is 5.69 Å². The SMILES string of the molecule is Cc1cc(C)c2c(c1)NCC(Cc1cccs1)C2. The Balaban J connectivity index is 1.80. The number of anilines is 1. The number of aryl methyl sites for hydroxylation is 2. The second-order valence-electron chi connectivity index (χ2n) is 5.34. The lowest BCUT2D eigenvalue weighted by Crippen LogP contribution is -2.25. The van der Waals surface area contributed by atoms with E-state index in [9.17, 15) is 0 Å². The average molecular weight is 257 g/mol. The van der Waals surface area contributed by atoms with Crippen LogP contribution in [-0.4, -0.2) is 6.54 Å². The van der Waals surface area contributed by atoms with Crippen molar-refractivity contribution >= 4 is 17.0 Å². The summed E-state index contributed by atoms with van der Waals surface area (Å²) in [5, 5.41) is 5.79. The molecule has 1 atom stereocenters. The van der Waals surface area contributed by atoms with Crippen LogP contribution in [0, 0.1) is 19.8 Å². The highest BCUT2D eigenvalue weighted by atomic mass is 32.1. The molecule has 0 saturated carbocycles. The van der Waals surface area contributed by atoms with E-state index in [1.807, 2.05) is 11.3 Å². The molecule has 2 heteroatoms. The molecule has 0 radical (unpaired) electrons. The zero-order valence-electron chi connectivity index (χ0n) is 11.0. The smallest absolute Gasteiger partial charge is 0.0378 e. The fraction of sp³-hybridized carbons (Fsp3) is 0.375. The van der Waals surface area contributed by atoms with Gasteiger partial charge in [-0.25, -0.2) is 0 Å². The molecule has 1 aliphatic rings. The van der Waals surface area contributed by atoms with Gasteiger partial charge in [-0.2, -0.15) is 0 Å². The molecule has 1 aliphatic heterocycles. The van der Waals surface area contributed by atoms with Crippen molar-refractivity contribution in [1.29, 1.82) is 0 Å². The van der Waals surface area contributed by atoms with Crippen LogP contribution in [0.2, 0.25) is 0 Å². The molecular formula is C16H19NS. The zero-order chi connectivity index (χ0) is 12.5. The Labute approximate surface area is 113 Å². The van der Waals surface area contributed by atoms with E-state index in [4.69, 9.17) is 0 Å². The summed E-state index contributed by atoms with van der Waals surface area (Å²) < 4.78 is 0. The maximum atomic E-state index is 3.61. The minimum absolute atomic E-state index is 0.734. The van der Waals surface area contributed by atoms with Gasteiger partial charge in [0.15, 0.2) is 0 Å². The minimum atomic E-state index is 0.734. The van der Waals surface area contributed by atoms with Crippen molar-refractivity contribution in [3.8, 4) is 0 Å². The van der Waals surface area contributed by atoms with E-state index in [1.165, 1.54) is 40.1 Å². The maximum Gasteiger partial charge on any atom is 0.0378 e. The Morgan fingerprint density at radius 2 is 2.22 bits per heavy atom. The molecule has 94 valence electrons. The first kappa shape index (κ1) is 11.8. The van der Waals surface area contributed by atoms with Crippen LogP contribution >= 0.6 is 11.3 Å². The summed E-state index contributed by atoms with van der Waals surface area (Å²) in [5.41, 5.74) is 5.67. The van der Waals surface area contributed by atoms with E-state index in [0.29, 0.717) is 0 Å². The zero-order valence-corrected chi connectivity index (χ0v) is 11.8. The van der Waals surface area contributed by atoms with Crippen LogP contribution in [0.15, 0.2) is 29.6 Å². The molecular weight excluding hydrogens is 238 g/mol. The summed E-state index contributed by atoms with van der Waals surface area (Å²) in [6.07, 6.45) is 2.42. The molecule has 3 rings (SSSR count). The van der Waals surface area contributed by atoms with Gasteiger partial charge in [0.1, 0.15) is 0 Å². The monoisotopic (exact) mass is 257 g/mol. The molecule has 1 aromatic carbocycles. The van der Waals surface area contributed by atoms with Crippen LogP contribution < -0.4 is 5.32 Å². The van der Waals surface area contributed by atoms with Gasteiger partial charge < -0.3 is 5.32 Å². The highest BCUT2D eigenvalue weighted by molar-refractivity contribution is 7.09. The number of benzene rings is 1. The second-order valence-corrected chi connectivity index (χ2v) is 6.37. The summed E-state index contributed by atoms with van der Waals surface area (Å²) >= 11 is 1.88. The lowest BCUT2D eigenvalue weighted by molar-refractivity contribution is 0.538. The molecule has 0 saturated heterocycles. The predicted octanol–water partition coefficient (Wildman–Crippen LogP) is 4.19. The largest absolute Gasteiger partial charge is 0.385 e. The Bertz CT molecular complexity index is 542. The van der Waals surface area contributed by atoms with Crippen LogP contribution in [0.5, 0.6) is 0 Å². The fourth-order valence-corrected chi connectivity index (χ4v) is 3.72. The number of rotatable bonds is 2. The molecule has 1 N–H and O–H groups in total. The Morgan fingerprint density at radius 1 is 1.33 bits per heavy atom. The van der Waals surface area contributed by atoms with Crippen molar-refractivity contribution in [1.82, 2.24) is 0 Å². The molecule has 1 nitrogen and oxygen atoms in total. The molecule has 0 aliphatic carbocycles. The van der Waals surface area contributed by atoms with Crippen molar-refractivity contribution in [2.24, 2.45) is 5.92 Å². The summed E-state index contributed by atoms with van der Waals surface area (Å²) in [4.78, 5) is 1.51. The minimum Gasteiger partial charge on any atom is -0.385 e. The first-order valence-corrected chi connectivity index (χ1v) is 7.46. The van der Waals surface area contributed by atoms with Crippen LogP contribution in [0.25, 0.3) is 0 Å². The summed E-state index contributed by atoms with van der Waals surface area (Å²) in [6.45, 7) is 5.52. The molecule has 1 unspecified atom stereocenters. The lowest BCUT2D eigenvalue weighted by atomic mass is 9.88. The molecule has 0 spiro atoms. The summed E-state index contributed by atoms with van der Waals surface area (Å²) in [5.74, 6) is 0.734. The van der Waals surface area contributed by atoms with Crippen LogP contribution in [0.3, 0.4) is 0 Å². The molecule has 0 bridgehead atoms. The molecule has 1 aromatic heterocycles. The van der Waals surface area contributed by atoms with Gasteiger partial charge in [0, 0.05) is 17.1 Å². The third kappa shape index (κ3) is 2.30. The quantitative estimate of drug-likeness (QED) is 0.850. The van der Waals surface area contributed by atoms with Crippen molar-refractivity contribution in [3.63, 3.8) is 0 Å². The maximum absolute atomic E-state index is 3.61. The van der Waals surface area contributed by atoms with Crippen LogP contribution in [-0.2, 0) is 12.8 Å². The van der Waals surface area contributed by atoms with Crippen molar-refractivity contribution < 1.29 is 0 Å². The molecule has 2 aromatic rings. The number of hydrogen-bond acceptors (Lipinski definition) is 2. The Hall–Kier alpha value is -1.28. The highest BCUT2D eigenvalue weighted by Gasteiger charge is 2.20. The van der Waals surface area contributed by atoms with Gasteiger partial charge in [-0.05, 0) is 66.8 Å². The molecule has 18 heavy (non-hydrogen) atoms. The van der Waals surface area contributed by atoms with Crippen LogP contribution in [0.1, 0.15) is 21.6 Å². The van der Waals surface area contributed by atoms with Crippen molar-refractivity contribution in [2.75, 3.05) is 11.9 Å². The van der Waals surface area contributed by atoms with E-state index in [1.54, 1.807) is 0 Å². The topological polar surface area (TPSA) is 12.0 Å². The fourth-order valence-electron chi connectivity index (χ4n) is 2.90. The first-order chi connectivity index (χ1) is 8.72. The lowest BCUT2D eigenvalue weighted by Gasteiger charge is -2.27. The van der Waals surface area contributed by atoms with E-state index in [0.717, 1.165) is 12.5 Å². The summed E-state index contributed by atoms with van der Waals surface area (Å²) in [6, 6.07) is 8.98. The normalized spacial score (nSPS) is 18.2. The van der Waals surface area contributed by atoms with Crippen molar-refractivity contribution in [2.45, 2.75) is 26.7 Å². The van der Waals surface area contributed by atoms with E-state index in [2.05, 4.69) is 48.8 Å². The second kappa shape index (κ2) is 4.77. The van der Waals surface area contributed by atoms with E-state index in [-0.39, 0.29) is 0 Å². The number of thiophene rings is 1. The average Bonchev–Trinajstić information content (AvgIpc) is 2.83. The molecule has 0 fully saturated rings. The predicted molar refractivity (Wildman–Crippen MR) is 79.6 cm³/mol. The standard InChI is InChI=1S/C16H19NS/c1-11-6-12(2)15-9-13(10-17-16(15)7-11)8-14-4-3-5-18-14/h3-7,13,17H,8-10H2,1-2H3. The van der Waals surface area contributed by atoms with E-state index >= 15 is 0 Å².